The van der Waals surface area contributed by atoms with Crippen molar-refractivity contribution in [2.45, 2.75) is 19.3 Å². The zero-order valence-electron chi connectivity index (χ0n) is 33.2. The number of nitrogens with zero attached hydrogens (tertiary/aromatic N) is 2. The van der Waals surface area contributed by atoms with E-state index in [4.69, 9.17) is 4.42 Å². The first kappa shape index (κ1) is 35.5. The minimum atomic E-state index is 0.739. The molecule has 2 aromatic heterocycles. The monoisotopic (exact) mass is 770 g/mol. The standard InChI is InChI=1S/C57H42N2O/c1-2-13-40(14-3-1)37-41-15-10-18-46(32-27-41)58(48-35-30-43(31-36-48)45-17-12-23-53-52-22-6-9-26-56(52)60-57(53)39-45)47-33-28-42(29-34-47)44-16-11-19-49(38-44)59-54-24-7-4-20-50(54)51-21-5-8-25-55(51)59/h1-9,11-36,38H,10,37,39H2. The number of allylic oxidation sites excluding steroid dienone is 8. The van der Waals surface area contributed by atoms with Crippen LogP contribution in [0.25, 0.3) is 61.2 Å². The smallest absolute Gasteiger partial charge is 0.134 e. The SMILES string of the molecule is C1=Cc2c(oc3ccccc23)CC(c2ccc(N(C3=CCC=C(Cc4ccccc4)C=C3)c3ccc(-c4cccc(-n5c6ccccc6c6ccccc65)c4)cc3)cc2)=C1. The van der Waals surface area contributed by atoms with Crippen molar-refractivity contribution in [1.29, 1.82) is 0 Å². The Balaban J connectivity index is 0.928. The lowest BCUT2D eigenvalue weighted by atomic mass is 10.00. The summed E-state index contributed by atoms with van der Waals surface area (Å²) in [5.41, 5.74) is 16.5. The number of anilines is 2. The van der Waals surface area contributed by atoms with Crippen LogP contribution in [-0.4, -0.2) is 4.57 Å². The van der Waals surface area contributed by atoms with Gasteiger partial charge < -0.3 is 13.9 Å². The molecule has 0 N–H and O–H groups in total. The van der Waals surface area contributed by atoms with Crippen LogP contribution in [0.4, 0.5) is 11.4 Å². The largest absolute Gasteiger partial charge is 0.460 e. The number of hydrogen-bond acceptors (Lipinski definition) is 2. The average Bonchev–Trinajstić information content (AvgIpc) is 3.61. The third-order valence-corrected chi connectivity index (χ3v) is 11.9. The molecule has 0 saturated heterocycles. The van der Waals surface area contributed by atoms with Gasteiger partial charge in [-0.25, -0.2) is 0 Å². The molecule has 3 heteroatoms. The quantitative estimate of drug-likeness (QED) is 0.153. The lowest BCUT2D eigenvalue weighted by molar-refractivity contribution is 0.566. The number of rotatable bonds is 8. The van der Waals surface area contributed by atoms with Gasteiger partial charge in [0.25, 0.3) is 0 Å². The predicted octanol–water partition coefficient (Wildman–Crippen LogP) is 15.0. The van der Waals surface area contributed by atoms with Crippen LogP contribution < -0.4 is 4.90 Å². The third-order valence-electron chi connectivity index (χ3n) is 11.9. The molecule has 0 aliphatic heterocycles. The van der Waals surface area contributed by atoms with E-state index < -0.39 is 0 Å². The van der Waals surface area contributed by atoms with Crippen molar-refractivity contribution in [2.75, 3.05) is 4.90 Å². The van der Waals surface area contributed by atoms with E-state index in [0.717, 1.165) is 58.8 Å². The number of benzene rings is 7. The number of para-hydroxylation sites is 3. The molecule has 0 amide bonds. The van der Waals surface area contributed by atoms with Crippen LogP contribution >= 0.6 is 0 Å². The summed E-state index contributed by atoms with van der Waals surface area (Å²) in [6, 6.07) is 63.4. The fourth-order valence-corrected chi connectivity index (χ4v) is 9.01. The van der Waals surface area contributed by atoms with Gasteiger partial charge in [-0.05, 0) is 107 Å². The highest BCUT2D eigenvalue weighted by molar-refractivity contribution is 6.09. The first-order valence-corrected chi connectivity index (χ1v) is 20.8. The van der Waals surface area contributed by atoms with Crippen molar-refractivity contribution in [3.05, 3.63) is 246 Å². The van der Waals surface area contributed by atoms with Crippen molar-refractivity contribution < 1.29 is 4.42 Å². The fourth-order valence-electron chi connectivity index (χ4n) is 9.01. The van der Waals surface area contributed by atoms with Gasteiger partial charge >= 0.3 is 0 Å². The molecule has 0 atom stereocenters. The maximum Gasteiger partial charge on any atom is 0.134 e. The number of hydrogen-bond donors (Lipinski definition) is 0. The molecule has 2 aliphatic carbocycles. The highest BCUT2D eigenvalue weighted by Crippen LogP contribution is 2.38. The molecule has 0 saturated carbocycles. The maximum atomic E-state index is 6.36. The summed E-state index contributed by atoms with van der Waals surface area (Å²) in [6.45, 7) is 0. The first-order chi connectivity index (χ1) is 29.7. The molecule has 3 nitrogen and oxygen atoms in total. The van der Waals surface area contributed by atoms with Gasteiger partial charge in [0, 0.05) is 50.9 Å². The van der Waals surface area contributed by atoms with Crippen molar-refractivity contribution in [2.24, 2.45) is 0 Å². The molecule has 2 aliphatic rings. The Hall–Kier alpha value is -7.62. The molecule has 7 aromatic carbocycles. The second-order valence-electron chi connectivity index (χ2n) is 15.7. The van der Waals surface area contributed by atoms with Crippen LogP contribution in [0.5, 0.6) is 0 Å². The third kappa shape index (κ3) is 6.60. The van der Waals surface area contributed by atoms with Crippen molar-refractivity contribution in [3.8, 4) is 16.8 Å². The van der Waals surface area contributed by atoms with Gasteiger partial charge in [0.1, 0.15) is 11.3 Å². The summed E-state index contributed by atoms with van der Waals surface area (Å²) in [7, 11) is 0. The van der Waals surface area contributed by atoms with Gasteiger partial charge in [0.05, 0.1) is 11.0 Å². The molecule has 11 rings (SSSR count). The highest BCUT2D eigenvalue weighted by Gasteiger charge is 2.19. The molecule has 0 bridgehead atoms. The molecule has 0 unspecified atom stereocenters. The molecule has 0 fully saturated rings. The molecule has 9 aromatic rings. The summed E-state index contributed by atoms with van der Waals surface area (Å²) in [6.07, 6.45) is 18.3. The van der Waals surface area contributed by atoms with Gasteiger partial charge in [-0.2, -0.15) is 0 Å². The summed E-state index contributed by atoms with van der Waals surface area (Å²) in [5.74, 6) is 1.01. The lowest BCUT2D eigenvalue weighted by Gasteiger charge is -2.27. The van der Waals surface area contributed by atoms with Crippen LogP contribution in [-0.2, 0) is 12.8 Å². The first-order valence-electron chi connectivity index (χ1n) is 20.8. The van der Waals surface area contributed by atoms with Gasteiger partial charge in [0.2, 0.25) is 0 Å². The minimum absolute atomic E-state index is 0.739. The van der Waals surface area contributed by atoms with E-state index in [-0.39, 0.29) is 0 Å². The van der Waals surface area contributed by atoms with E-state index in [1.54, 1.807) is 0 Å². The van der Waals surface area contributed by atoms with Gasteiger partial charge in [0.15, 0.2) is 0 Å². The van der Waals surface area contributed by atoms with Crippen LogP contribution in [0.3, 0.4) is 0 Å². The second kappa shape index (κ2) is 15.3. The number of furan rings is 1. The predicted molar refractivity (Wildman–Crippen MR) is 252 cm³/mol. The lowest BCUT2D eigenvalue weighted by Crippen LogP contribution is -2.15. The highest BCUT2D eigenvalue weighted by atomic mass is 16.3. The zero-order valence-corrected chi connectivity index (χ0v) is 33.2. The molecule has 286 valence electrons. The normalized spacial score (nSPS) is 13.8. The number of fused-ring (bicyclic) bond motifs is 6. The van der Waals surface area contributed by atoms with E-state index in [0.29, 0.717) is 0 Å². The van der Waals surface area contributed by atoms with Gasteiger partial charge in [-0.3, -0.25) is 0 Å². The van der Waals surface area contributed by atoms with E-state index in [9.17, 15) is 0 Å². The Bertz CT molecular complexity index is 3150. The molecule has 2 heterocycles. The van der Waals surface area contributed by atoms with E-state index in [2.05, 4.69) is 222 Å². The van der Waals surface area contributed by atoms with Crippen LogP contribution in [0.15, 0.2) is 228 Å². The Morgan fingerprint density at radius 3 is 1.95 bits per heavy atom. The summed E-state index contributed by atoms with van der Waals surface area (Å²) in [5, 5.41) is 3.70. The fraction of sp³-hybridized carbons (Fsp3) is 0.0526. The molecule has 0 radical (unpaired) electrons. The van der Waals surface area contributed by atoms with Gasteiger partial charge in [-0.15, -0.1) is 0 Å². The Morgan fingerprint density at radius 1 is 0.533 bits per heavy atom. The summed E-state index contributed by atoms with van der Waals surface area (Å²) in [4.78, 5) is 2.39. The van der Waals surface area contributed by atoms with E-state index >= 15 is 0 Å². The Labute approximate surface area is 350 Å². The van der Waals surface area contributed by atoms with Gasteiger partial charge in [-0.1, -0.05) is 158 Å². The summed E-state index contributed by atoms with van der Waals surface area (Å²) >= 11 is 0. The minimum Gasteiger partial charge on any atom is -0.460 e. The van der Waals surface area contributed by atoms with Crippen LogP contribution in [0.1, 0.15) is 28.9 Å². The second-order valence-corrected chi connectivity index (χ2v) is 15.7. The van der Waals surface area contributed by atoms with Crippen molar-refractivity contribution >= 4 is 55.8 Å². The van der Waals surface area contributed by atoms with Crippen molar-refractivity contribution in [3.63, 3.8) is 0 Å². The number of aromatic nitrogens is 1. The molecular formula is C57H42N2O. The average molecular weight is 771 g/mol. The van der Waals surface area contributed by atoms with Crippen molar-refractivity contribution in [1.82, 2.24) is 4.57 Å². The van der Waals surface area contributed by atoms with Crippen LogP contribution in [0.2, 0.25) is 0 Å². The zero-order chi connectivity index (χ0) is 39.8. The topological polar surface area (TPSA) is 21.3 Å². The molecule has 60 heavy (non-hydrogen) atoms. The van der Waals surface area contributed by atoms with Crippen LogP contribution in [0, 0.1) is 0 Å². The van der Waals surface area contributed by atoms with E-state index in [1.165, 1.54) is 60.8 Å². The van der Waals surface area contributed by atoms with E-state index in [1.807, 2.05) is 6.07 Å². The Kier molecular flexibility index (Phi) is 9.05. The molecule has 0 spiro atoms. The summed E-state index contributed by atoms with van der Waals surface area (Å²) < 4.78 is 8.74. The maximum absolute atomic E-state index is 6.36. The Morgan fingerprint density at radius 2 is 1.20 bits per heavy atom. The molecular weight excluding hydrogens is 729 g/mol.